The molecule has 7 nitrogen and oxygen atoms in total. The van der Waals surface area contributed by atoms with Gasteiger partial charge in [0, 0.05) is 11.6 Å². The number of Topliss-reactive ketones (excluding diaryl/α,β-unsaturated/α-hetero) is 1. The van der Waals surface area contributed by atoms with Gasteiger partial charge in [-0.2, -0.15) is 0 Å². The van der Waals surface area contributed by atoms with E-state index in [0.717, 1.165) is 0 Å². The minimum absolute atomic E-state index is 0.0542. The van der Waals surface area contributed by atoms with Crippen LogP contribution in [0, 0.1) is 11.8 Å². The first-order valence-electron chi connectivity index (χ1n) is 7.60. The Bertz CT molecular complexity index is 739. The van der Waals surface area contributed by atoms with E-state index in [1.165, 1.54) is 19.1 Å². The summed E-state index contributed by atoms with van der Waals surface area (Å²) < 4.78 is 10.5. The van der Waals surface area contributed by atoms with Gasteiger partial charge in [-0.05, 0) is 25.8 Å². The van der Waals surface area contributed by atoms with Crippen molar-refractivity contribution in [2.75, 3.05) is 12.1 Å². The summed E-state index contributed by atoms with van der Waals surface area (Å²) in [4.78, 5) is 35.8. The number of aliphatic carboxylic acids is 1. The minimum atomic E-state index is -1.00. The van der Waals surface area contributed by atoms with Crippen LogP contribution in [0.25, 0.3) is 0 Å². The van der Waals surface area contributed by atoms with E-state index in [9.17, 15) is 19.5 Å². The van der Waals surface area contributed by atoms with Crippen LogP contribution >= 0.6 is 0 Å². The van der Waals surface area contributed by atoms with Crippen molar-refractivity contribution in [1.82, 2.24) is 0 Å². The molecule has 2 aliphatic rings. The van der Waals surface area contributed by atoms with Crippen LogP contribution in [0.4, 0.5) is 5.69 Å². The highest BCUT2D eigenvalue weighted by Crippen LogP contribution is 2.38. The largest absolute Gasteiger partial charge is 0.481 e. The van der Waals surface area contributed by atoms with Crippen LogP contribution in [-0.2, 0) is 9.59 Å². The second-order valence-electron chi connectivity index (χ2n) is 5.79. The molecular formula is C17H17NO6. The smallest absolute Gasteiger partial charge is 0.307 e. The van der Waals surface area contributed by atoms with Gasteiger partial charge in [-0.1, -0.05) is 12.2 Å². The zero-order chi connectivity index (χ0) is 17.3. The monoisotopic (exact) mass is 331 g/mol. The number of allylic oxidation sites excluding steroid dienone is 2. The Kier molecular flexibility index (Phi) is 4.24. The van der Waals surface area contributed by atoms with Crippen LogP contribution in [0.15, 0.2) is 24.3 Å². The predicted octanol–water partition coefficient (Wildman–Crippen LogP) is 2.22. The van der Waals surface area contributed by atoms with Crippen LogP contribution in [0.5, 0.6) is 11.5 Å². The maximum absolute atomic E-state index is 12.6. The number of nitrogens with one attached hydrogen (secondary N) is 1. The van der Waals surface area contributed by atoms with E-state index in [1.54, 1.807) is 12.2 Å². The third-order valence-electron chi connectivity index (χ3n) is 4.24. The number of anilines is 1. The number of rotatable bonds is 4. The number of ether oxygens (including phenoxy) is 2. The molecule has 2 N–H and O–H groups in total. The van der Waals surface area contributed by atoms with Crippen molar-refractivity contribution in [3.63, 3.8) is 0 Å². The van der Waals surface area contributed by atoms with Gasteiger partial charge in [-0.15, -0.1) is 0 Å². The van der Waals surface area contributed by atoms with Crippen molar-refractivity contribution < 1.29 is 29.0 Å². The van der Waals surface area contributed by atoms with Gasteiger partial charge < -0.3 is 19.9 Å². The molecule has 1 amide bonds. The van der Waals surface area contributed by atoms with Gasteiger partial charge >= 0.3 is 5.97 Å². The first-order valence-corrected chi connectivity index (χ1v) is 7.60. The summed E-state index contributed by atoms with van der Waals surface area (Å²) in [5.74, 6) is -2.23. The first-order chi connectivity index (χ1) is 11.5. The predicted molar refractivity (Wildman–Crippen MR) is 84.2 cm³/mol. The molecular weight excluding hydrogens is 314 g/mol. The zero-order valence-electron chi connectivity index (χ0n) is 13.1. The summed E-state index contributed by atoms with van der Waals surface area (Å²) in [6.45, 7) is 1.44. The van der Waals surface area contributed by atoms with Gasteiger partial charge in [-0.3, -0.25) is 14.4 Å². The van der Waals surface area contributed by atoms with Crippen LogP contribution in [0.2, 0.25) is 0 Å². The third kappa shape index (κ3) is 2.97. The van der Waals surface area contributed by atoms with E-state index in [1.807, 2.05) is 0 Å². The number of carboxylic acids is 1. The van der Waals surface area contributed by atoms with Gasteiger partial charge in [0.2, 0.25) is 12.7 Å². The van der Waals surface area contributed by atoms with E-state index in [-0.39, 0.29) is 12.6 Å². The standard InChI is InChI=1S/C17H17NO6/c1-9(19)12-6-14-15(24-8-23-14)7-13(12)18-16(20)10-4-2-3-5-11(10)17(21)22/h2-3,6-7,10-11H,4-5,8H2,1H3,(H,18,20)(H,21,22)/t10-,11-/m1/s1. The van der Waals surface area contributed by atoms with Crippen molar-refractivity contribution in [2.45, 2.75) is 19.8 Å². The fourth-order valence-electron chi connectivity index (χ4n) is 2.94. The van der Waals surface area contributed by atoms with Crippen LogP contribution in [0.1, 0.15) is 30.1 Å². The molecule has 126 valence electrons. The number of carbonyl (C=O) groups is 3. The summed E-state index contributed by atoms with van der Waals surface area (Å²) >= 11 is 0. The summed E-state index contributed by atoms with van der Waals surface area (Å²) in [5, 5.41) is 12.0. The molecule has 0 saturated carbocycles. The number of hydrogen-bond donors (Lipinski definition) is 2. The number of benzene rings is 1. The van der Waals surface area contributed by atoms with E-state index in [2.05, 4.69) is 5.32 Å². The van der Waals surface area contributed by atoms with Gasteiger partial charge in [0.25, 0.3) is 0 Å². The van der Waals surface area contributed by atoms with Gasteiger partial charge in [0.15, 0.2) is 17.3 Å². The zero-order valence-corrected chi connectivity index (χ0v) is 13.1. The van der Waals surface area contributed by atoms with E-state index in [0.29, 0.717) is 35.6 Å². The fraction of sp³-hybridized carbons (Fsp3) is 0.353. The Morgan fingerprint density at radius 2 is 1.71 bits per heavy atom. The second-order valence-corrected chi connectivity index (χ2v) is 5.79. The van der Waals surface area contributed by atoms with E-state index < -0.39 is 23.7 Å². The van der Waals surface area contributed by atoms with E-state index >= 15 is 0 Å². The molecule has 0 fully saturated rings. The Morgan fingerprint density at radius 3 is 2.33 bits per heavy atom. The second kappa shape index (κ2) is 6.35. The molecule has 0 radical (unpaired) electrons. The van der Waals surface area contributed by atoms with Crippen molar-refractivity contribution in [3.8, 4) is 11.5 Å². The molecule has 0 saturated heterocycles. The summed E-state index contributed by atoms with van der Waals surface area (Å²) in [5.41, 5.74) is 0.598. The molecule has 0 spiro atoms. The molecule has 0 unspecified atom stereocenters. The average molecular weight is 331 g/mol. The third-order valence-corrected chi connectivity index (χ3v) is 4.24. The Morgan fingerprint density at radius 1 is 1.08 bits per heavy atom. The number of ketones is 1. The number of amides is 1. The molecule has 1 aromatic carbocycles. The van der Waals surface area contributed by atoms with Crippen molar-refractivity contribution in [2.24, 2.45) is 11.8 Å². The number of carboxylic acid groups (broad SMARTS) is 1. The maximum atomic E-state index is 12.6. The molecule has 1 heterocycles. The highest BCUT2D eigenvalue weighted by molar-refractivity contribution is 6.05. The van der Waals surface area contributed by atoms with Crippen molar-refractivity contribution >= 4 is 23.3 Å². The minimum Gasteiger partial charge on any atom is -0.481 e. The fourth-order valence-corrected chi connectivity index (χ4v) is 2.94. The van der Waals surface area contributed by atoms with Gasteiger partial charge in [0.1, 0.15) is 0 Å². The summed E-state index contributed by atoms with van der Waals surface area (Å²) in [6.07, 6.45) is 4.23. The lowest BCUT2D eigenvalue weighted by Gasteiger charge is -2.24. The number of fused-ring (bicyclic) bond motifs is 1. The van der Waals surface area contributed by atoms with Crippen molar-refractivity contribution in [1.29, 1.82) is 0 Å². The lowest BCUT2D eigenvalue weighted by atomic mass is 9.82. The number of hydrogen-bond acceptors (Lipinski definition) is 5. The molecule has 7 heteroatoms. The quantitative estimate of drug-likeness (QED) is 0.648. The SMILES string of the molecule is CC(=O)c1cc2c(cc1NC(=O)[C@@H]1CC=CC[C@H]1C(=O)O)OCO2. The molecule has 2 atom stereocenters. The average Bonchev–Trinajstić information content (AvgIpc) is 3.01. The van der Waals surface area contributed by atoms with E-state index in [4.69, 9.17) is 9.47 Å². The highest BCUT2D eigenvalue weighted by Gasteiger charge is 2.34. The highest BCUT2D eigenvalue weighted by atomic mass is 16.7. The van der Waals surface area contributed by atoms with Crippen LogP contribution in [0.3, 0.4) is 0 Å². The summed E-state index contributed by atoms with van der Waals surface area (Å²) in [7, 11) is 0. The molecule has 1 aliphatic heterocycles. The first kappa shape index (κ1) is 16.0. The number of carbonyl (C=O) groups excluding carboxylic acids is 2. The van der Waals surface area contributed by atoms with Gasteiger partial charge in [0.05, 0.1) is 17.5 Å². The normalized spacial score (nSPS) is 21.4. The molecule has 1 aliphatic carbocycles. The Labute approximate surface area is 138 Å². The molecule has 0 bridgehead atoms. The molecule has 0 aromatic heterocycles. The molecule has 3 rings (SSSR count). The lowest BCUT2D eigenvalue weighted by molar-refractivity contribution is -0.146. The molecule has 1 aromatic rings. The lowest BCUT2D eigenvalue weighted by Crippen LogP contribution is -2.35. The maximum Gasteiger partial charge on any atom is 0.307 e. The Hall–Kier alpha value is -2.83. The van der Waals surface area contributed by atoms with Crippen molar-refractivity contribution in [3.05, 3.63) is 29.8 Å². The van der Waals surface area contributed by atoms with Gasteiger partial charge in [-0.25, -0.2) is 0 Å². The molecule has 24 heavy (non-hydrogen) atoms. The van der Waals surface area contributed by atoms with Crippen LogP contribution in [-0.4, -0.2) is 29.6 Å². The van der Waals surface area contributed by atoms with Crippen LogP contribution < -0.4 is 14.8 Å². The topological polar surface area (TPSA) is 102 Å². The summed E-state index contributed by atoms with van der Waals surface area (Å²) in [6, 6.07) is 3.06. The Balaban J connectivity index is 1.87.